The van der Waals surface area contributed by atoms with Gasteiger partial charge in [0.2, 0.25) is 5.28 Å². The van der Waals surface area contributed by atoms with Gasteiger partial charge in [-0.2, -0.15) is 0 Å². The predicted octanol–water partition coefficient (Wildman–Crippen LogP) is 3.27. The van der Waals surface area contributed by atoms with Crippen molar-refractivity contribution in [1.82, 2.24) is 9.97 Å². The van der Waals surface area contributed by atoms with Gasteiger partial charge in [-0.25, -0.2) is 9.97 Å². The minimum Gasteiger partial charge on any atom is -0.223 e. The van der Waals surface area contributed by atoms with Crippen molar-refractivity contribution in [2.75, 3.05) is 0 Å². The van der Waals surface area contributed by atoms with E-state index in [9.17, 15) is 0 Å². The van der Waals surface area contributed by atoms with Gasteiger partial charge in [0, 0.05) is 23.2 Å². The van der Waals surface area contributed by atoms with E-state index >= 15 is 0 Å². The Morgan fingerprint density at radius 3 is 2.00 bits per heavy atom. The third-order valence-corrected chi connectivity index (χ3v) is 3.43. The van der Waals surface area contributed by atoms with Crippen molar-refractivity contribution in [3.8, 4) is 0 Å². The van der Waals surface area contributed by atoms with Gasteiger partial charge in [-0.3, -0.25) is 0 Å². The Morgan fingerprint density at radius 1 is 1.00 bits per heavy atom. The number of rotatable bonds is 2. The summed E-state index contributed by atoms with van der Waals surface area (Å²) in [6, 6.07) is 2.17. The quantitative estimate of drug-likeness (QED) is 0.698. The molecule has 0 radical (unpaired) electrons. The van der Waals surface area contributed by atoms with Gasteiger partial charge in [-0.15, -0.1) is 0 Å². The molecule has 0 N–H and O–H groups in total. The second kappa shape index (κ2) is 3.20. The smallest absolute Gasteiger partial charge is 0.222 e. The number of hydrogen-bond acceptors (Lipinski definition) is 2. The maximum absolute atomic E-state index is 5.92. The first kappa shape index (κ1) is 8.66. The summed E-state index contributed by atoms with van der Waals surface area (Å²) in [5.74, 6) is 1.34. The summed E-state index contributed by atoms with van der Waals surface area (Å²) < 4.78 is 0. The van der Waals surface area contributed by atoms with Gasteiger partial charge in [-0.05, 0) is 43.4 Å². The molecule has 0 unspecified atom stereocenters. The Labute approximate surface area is 88.7 Å². The summed E-state index contributed by atoms with van der Waals surface area (Å²) in [5.41, 5.74) is 2.35. The van der Waals surface area contributed by atoms with Crippen molar-refractivity contribution < 1.29 is 0 Å². The molecule has 0 spiro atoms. The van der Waals surface area contributed by atoms with Crippen molar-refractivity contribution in [1.29, 1.82) is 0 Å². The zero-order valence-corrected chi connectivity index (χ0v) is 8.80. The molecule has 2 aliphatic carbocycles. The molecule has 1 aromatic rings. The van der Waals surface area contributed by atoms with Crippen LogP contribution in [0.25, 0.3) is 0 Å². The minimum absolute atomic E-state index is 0.441. The first-order valence-corrected chi connectivity index (χ1v) is 5.75. The third kappa shape index (κ3) is 1.52. The summed E-state index contributed by atoms with van der Waals surface area (Å²) in [7, 11) is 0. The lowest BCUT2D eigenvalue weighted by Crippen LogP contribution is -2.11. The second-order valence-electron chi connectivity index (χ2n) is 4.39. The molecule has 2 fully saturated rings. The van der Waals surface area contributed by atoms with Crippen LogP contribution in [0.1, 0.15) is 55.3 Å². The van der Waals surface area contributed by atoms with E-state index in [1.165, 1.54) is 43.5 Å². The molecule has 0 bridgehead atoms. The normalized spacial score (nSPS) is 22.1. The largest absolute Gasteiger partial charge is 0.223 e. The van der Waals surface area contributed by atoms with Crippen LogP contribution in [-0.2, 0) is 0 Å². The first-order chi connectivity index (χ1) is 6.83. The highest BCUT2D eigenvalue weighted by Crippen LogP contribution is 2.42. The van der Waals surface area contributed by atoms with Crippen LogP contribution in [0.4, 0.5) is 0 Å². The molecule has 0 aromatic carbocycles. The van der Waals surface area contributed by atoms with Gasteiger partial charge >= 0.3 is 0 Å². The minimum atomic E-state index is 0.441. The third-order valence-electron chi connectivity index (χ3n) is 3.26. The fourth-order valence-electron chi connectivity index (χ4n) is 1.96. The molecule has 74 valence electrons. The highest BCUT2D eigenvalue weighted by Gasteiger charge is 2.28. The summed E-state index contributed by atoms with van der Waals surface area (Å²) in [6.07, 6.45) is 6.44. The van der Waals surface area contributed by atoms with Gasteiger partial charge in [0.1, 0.15) is 0 Å². The molecule has 0 amide bonds. The van der Waals surface area contributed by atoms with E-state index in [-0.39, 0.29) is 0 Å². The standard InChI is InChI=1S/C11H13ClN2/c12-11-13-9(7-2-1-3-7)6-10(14-11)8-4-5-8/h6-8H,1-5H2. The molecule has 2 aliphatic rings. The maximum Gasteiger partial charge on any atom is 0.222 e. The fraction of sp³-hybridized carbons (Fsp3) is 0.636. The van der Waals surface area contributed by atoms with E-state index in [2.05, 4.69) is 16.0 Å². The summed E-state index contributed by atoms with van der Waals surface area (Å²) in [6.45, 7) is 0. The molecule has 1 heterocycles. The Hall–Kier alpha value is -0.630. The van der Waals surface area contributed by atoms with Crippen LogP contribution in [0.15, 0.2) is 6.07 Å². The van der Waals surface area contributed by atoms with E-state index in [0.717, 1.165) is 0 Å². The number of hydrogen-bond donors (Lipinski definition) is 0. The van der Waals surface area contributed by atoms with Crippen LogP contribution in [0.5, 0.6) is 0 Å². The van der Waals surface area contributed by atoms with Crippen LogP contribution >= 0.6 is 11.6 Å². The molecule has 3 rings (SSSR count). The molecular weight excluding hydrogens is 196 g/mol. The lowest BCUT2D eigenvalue weighted by molar-refractivity contribution is 0.410. The van der Waals surface area contributed by atoms with E-state index in [4.69, 9.17) is 11.6 Å². The zero-order valence-electron chi connectivity index (χ0n) is 8.04. The molecular formula is C11H13ClN2. The van der Waals surface area contributed by atoms with Crippen LogP contribution in [-0.4, -0.2) is 9.97 Å². The van der Waals surface area contributed by atoms with Gasteiger partial charge in [0.05, 0.1) is 0 Å². The lowest BCUT2D eigenvalue weighted by atomic mass is 9.82. The summed E-state index contributed by atoms with van der Waals surface area (Å²) in [4.78, 5) is 8.61. The average molecular weight is 209 g/mol. The summed E-state index contributed by atoms with van der Waals surface area (Å²) in [5, 5.41) is 0.441. The van der Waals surface area contributed by atoms with Gasteiger partial charge < -0.3 is 0 Å². The fourth-order valence-corrected chi connectivity index (χ4v) is 2.15. The van der Waals surface area contributed by atoms with Crippen molar-refractivity contribution in [3.05, 3.63) is 22.7 Å². The molecule has 2 nitrogen and oxygen atoms in total. The topological polar surface area (TPSA) is 25.8 Å². The summed E-state index contributed by atoms with van der Waals surface area (Å²) >= 11 is 5.92. The molecule has 0 aliphatic heterocycles. The van der Waals surface area contributed by atoms with Crippen molar-refractivity contribution in [3.63, 3.8) is 0 Å². The number of aromatic nitrogens is 2. The van der Waals surface area contributed by atoms with E-state index in [1.807, 2.05) is 0 Å². The molecule has 3 heteroatoms. The highest BCUT2D eigenvalue weighted by molar-refractivity contribution is 6.28. The highest BCUT2D eigenvalue weighted by atomic mass is 35.5. The van der Waals surface area contributed by atoms with Crippen LogP contribution in [0.2, 0.25) is 5.28 Å². The first-order valence-electron chi connectivity index (χ1n) is 5.37. The molecule has 14 heavy (non-hydrogen) atoms. The molecule has 1 aromatic heterocycles. The monoisotopic (exact) mass is 208 g/mol. The van der Waals surface area contributed by atoms with E-state index in [1.54, 1.807) is 0 Å². The average Bonchev–Trinajstić information content (AvgIpc) is 2.80. The van der Waals surface area contributed by atoms with Crippen molar-refractivity contribution in [2.45, 2.75) is 43.9 Å². The van der Waals surface area contributed by atoms with E-state index in [0.29, 0.717) is 17.1 Å². The second-order valence-corrected chi connectivity index (χ2v) is 4.73. The van der Waals surface area contributed by atoms with Crippen LogP contribution in [0, 0.1) is 0 Å². The Kier molecular flexibility index (Phi) is 1.98. The van der Waals surface area contributed by atoms with Crippen LogP contribution in [0.3, 0.4) is 0 Å². The molecule has 0 saturated heterocycles. The van der Waals surface area contributed by atoms with Gasteiger partial charge in [0.25, 0.3) is 0 Å². The zero-order chi connectivity index (χ0) is 9.54. The number of nitrogens with zero attached hydrogens (tertiary/aromatic N) is 2. The molecule has 0 atom stereocenters. The Balaban J connectivity index is 1.93. The van der Waals surface area contributed by atoms with Crippen molar-refractivity contribution in [2.24, 2.45) is 0 Å². The van der Waals surface area contributed by atoms with E-state index < -0.39 is 0 Å². The van der Waals surface area contributed by atoms with Gasteiger partial charge in [-0.1, -0.05) is 6.42 Å². The predicted molar refractivity (Wildman–Crippen MR) is 55.6 cm³/mol. The van der Waals surface area contributed by atoms with Crippen LogP contribution < -0.4 is 0 Å². The number of halogens is 1. The molecule has 2 saturated carbocycles. The Bertz CT molecular complexity index is 356. The van der Waals surface area contributed by atoms with Crippen molar-refractivity contribution >= 4 is 11.6 Å². The Morgan fingerprint density at radius 2 is 1.57 bits per heavy atom. The maximum atomic E-state index is 5.92. The lowest BCUT2D eigenvalue weighted by Gasteiger charge is -2.24. The van der Waals surface area contributed by atoms with Gasteiger partial charge in [0.15, 0.2) is 0 Å². The SMILES string of the molecule is Clc1nc(C2CCC2)cc(C2CC2)n1.